The minimum absolute atomic E-state index is 0.743. The van der Waals surface area contributed by atoms with Crippen LogP contribution in [0, 0.1) is 11.3 Å². The molecule has 1 nitrogen and oxygen atoms in total. The average Bonchev–Trinajstić information content (AvgIpc) is 2.46. The van der Waals surface area contributed by atoms with E-state index in [2.05, 4.69) is 59.3 Å². The van der Waals surface area contributed by atoms with Gasteiger partial charge in [0.15, 0.2) is 0 Å². The van der Waals surface area contributed by atoms with Crippen LogP contribution in [-0.2, 0) is 6.42 Å². The third-order valence-electron chi connectivity index (χ3n) is 3.19. The summed E-state index contributed by atoms with van der Waals surface area (Å²) >= 11 is 3.46. The highest BCUT2D eigenvalue weighted by Gasteiger charge is 2.06. The molecule has 0 bridgehead atoms. The van der Waals surface area contributed by atoms with Gasteiger partial charge in [-0.25, -0.2) is 0 Å². The van der Waals surface area contributed by atoms with Crippen molar-refractivity contribution in [3.63, 3.8) is 0 Å². The summed E-state index contributed by atoms with van der Waals surface area (Å²) in [5.74, 6) is 0. The Hall–Kier alpha value is -1.59. The third-order valence-corrected chi connectivity index (χ3v) is 3.72. The molecule has 0 atom stereocenters. The Balaban J connectivity index is 2.43. The Labute approximate surface area is 123 Å². The second-order valence-corrected chi connectivity index (χ2v) is 5.51. The van der Waals surface area contributed by atoms with E-state index in [1.165, 1.54) is 16.7 Å². The van der Waals surface area contributed by atoms with Crippen LogP contribution in [0.15, 0.2) is 46.9 Å². The van der Waals surface area contributed by atoms with Crippen molar-refractivity contribution in [3.05, 3.63) is 58.1 Å². The summed E-state index contributed by atoms with van der Waals surface area (Å²) in [4.78, 5) is 0. The predicted octanol–water partition coefficient (Wildman–Crippen LogP) is 5.33. The second kappa shape index (κ2) is 6.54. The maximum atomic E-state index is 9.03. The first-order valence-corrected chi connectivity index (χ1v) is 7.33. The van der Waals surface area contributed by atoms with Gasteiger partial charge in [0.25, 0.3) is 0 Å². The van der Waals surface area contributed by atoms with E-state index in [0.29, 0.717) is 0 Å². The number of nitrogens with zero attached hydrogens (tertiary/aromatic N) is 1. The molecule has 0 spiro atoms. The summed E-state index contributed by atoms with van der Waals surface area (Å²) in [7, 11) is 0. The summed E-state index contributed by atoms with van der Waals surface area (Å²) in [5.41, 5.74) is 4.45. The number of benzene rings is 2. The third kappa shape index (κ3) is 3.45. The van der Waals surface area contributed by atoms with Gasteiger partial charge >= 0.3 is 0 Å². The van der Waals surface area contributed by atoms with Gasteiger partial charge in [-0.3, -0.25) is 0 Å². The van der Waals surface area contributed by atoms with Crippen LogP contribution < -0.4 is 0 Å². The Kier molecular flexibility index (Phi) is 4.76. The molecule has 0 heterocycles. The number of hydrogen-bond acceptors (Lipinski definition) is 1. The van der Waals surface area contributed by atoms with Crippen molar-refractivity contribution in [2.24, 2.45) is 0 Å². The first-order chi connectivity index (χ1) is 9.24. The number of hydrogen-bond donors (Lipinski definition) is 0. The smallest absolute Gasteiger partial charge is 0.0991 e. The van der Waals surface area contributed by atoms with E-state index in [-0.39, 0.29) is 0 Å². The molecule has 19 heavy (non-hydrogen) atoms. The largest absolute Gasteiger partial charge is 0.192 e. The fourth-order valence-electron chi connectivity index (χ4n) is 2.15. The fraction of sp³-hybridized carbons (Fsp3) is 0.235. The van der Waals surface area contributed by atoms with Gasteiger partial charge < -0.3 is 0 Å². The van der Waals surface area contributed by atoms with Crippen molar-refractivity contribution in [1.29, 1.82) is 5.26 Å². The van der Waals surface area contributed by atoms with E-state index in [0.717, 1.165) is 29.3 Å². The van der Waals surface area contributed by atoms with Crippen molar-refractivity contribution in [2.75, 3.05) is 0 Å². The minimum Gasteiger partial charge on any atom is -0.192 e. The van der Waals surface area contributed by atoms with Crippen LogP contribution in [0.3, 0.4) is 0 Å². The average molecular weight is 314 g/mol. The summed E-state index contributed by atoms with van der Waals surface area (Å²) in [5, 5.41) is 9.03. The van der Waals surface area contributed by atoms with Gasteiger partial charge in [-0.05, 0) is 53.8 Å². The van der Waals surface area contributed by atoms with Crippen molar-refractivity contribution in [2.45, 2.75) is 26.2 Å². The SMILES string of the molecule is CCCCc1cc(C#N)ccc1-c1ccc(Br)cc1. The lowest BCUT2D eigenvalue weighted by molar-refractivity contribution is 0.796. The Morgan fingerprint density at radius 3 is 2.47 bits per heavy atom. The Morgan fingerprint density at radius 1 is 1.11 bits per heavy atom. The molecule has 2 heteroatoms. The zero-order valence-electron chi connectivity index (χ0n) is 11.0. The van der Waals surface area contributed by atoms with Crippen LogP contribution in [0.1, 0.15) is 30.9 Å². The monoisotopic (exact) mass is 313 g/mol. The maximum absolute atomic E-state index is 9.03. The van der Waals surface area contributed by atoms with E-state index in [1.54, 1.807) is 0 Å². The summed E-state index contributed by atoms with van der Waals surface area (Å²) < 4.78 is 1.08. The maximum Gasteiger partial charge on any atom is 0.0991 e. The lowest BCUT2D eigenvalue weighted by Gasteiger charge is -2.10. The Morgan fingerprint density at radius 2 is 1.84 bits per heavy atom. The lowest BCUT2D eigenvalue weighted by atomic mass is 9.94. The highest BCUT2D eigenvalue weighted by atomic mass is 79.9. The molecule has 2 aromatic carbocycles. The van der Waals surface area contributed by atoms with E-state index < -0.39 is 0 Å². The van der Waals surface area contributed by atoms with Crippen molar-refractivity contribution in [3.8, 4) is 17.2 Å². The highest BCUT2D eigenvalue weighted by Crippen LogP contribution is 2.27. The molecular weight excluding hydrogens is 298 g/mol. The number of halogens is 1. The summed E-state index contributed by atoms with van der Waals surface area (Å²) in [6, 6.07) is 16.5. The molecule has 0 aliphatic rings. The standard InChI is InChI=1S/C17H16BrN/c1-2-3-4-15-11-13(12-19)5-10-17(15)14-6-8-16(18)9-7-14/h5-11H,2-4H2,1H3. The van der Waals surface area contributed by atoms with Gasteiger partial charge in [0.05, 0.1) is 11.6 Å². The number of rotatable bonds is 4. The second-order valence-electron chi connectivity index (χ2n) is 4.59. The van der Waals surface area contributed by atoms with Crippen LogP contribution >= 0.6 is 15.9 Å². The van der Waals surface area contributed by atoms with E-state index in [1.807, 2.05) is 12.1 Å². The van der Waals surface area contributed by atoms with Crippen LogP contribution in [0.5, 0.6) is 0 Å². The minimum atomic E-state index is 0.743. The molecule has 0 saturated carbocycles. The molecule has 96 valence electrons. The van der Waals surface area contributed by atoms with Crippen LogP contribution in [-0.4, -0.2) is 0 Å². The van der Waals surface area contributed by atoms with E-state index in [4.69, 9.17) is 5.26 Å². The highest BCUT2D eigenvalue weighted by molar-refractivity contribution is 9.10. The molecule has 0 aliphatic carbocycles. The quantitative estimate of drug-likeness (QED) is 0.748. The van der Waals surface area contributed by atoms with Gasteiger partial charge in [-0.1, -0.05) is 47.5 Å². The molecule has 0 radical (unpaired) electrons. The molecule has 0 aromatic heterocycles. The fourth-order valence-corrected chi connectivity index (χ4v) is 2.41. The molecule has 0 N–H and O–H groups in total. The van der Waals surface area contributed by atoms with Crippen molar-refractivity contribution in [1.82, 2.24) is 0 Å². The lowest BCUT2D eigenvalue weighted by Crippen LogP contribution is -1.92. The normalized spacial score (nSPS) is 10.2. The zero-order chi connectivity index (χ0) is 13.7. The first kappa shape index (κ1) is 13.8. The first-order valence-electron chi connectivity index (χ1n) is 6.53. The van der Waals surface area contributed by atoms with Gasteiger partial charge in [-0.15, -0.1) is 0 Å². The molecule has 2 rings (SSSR count). The summed E-state index contributed by atoms with van der Waals surface area (Å²) in [6.45, 7) is 2.19. The van der Waals surface area contributed by atoms with Gasteiger partial charge in [0.1, 0.15) is 0 Å². The van der Waals surface area contributed by atoms with Gasteiger partial charge in [0, 0.05) is 4.47 Å². The molecule has 0 fully saturated rings. The molecular formula is C17H16BrN. The van der Waals surface area contributed by atoms with E-state index >= 15 is 0 Å². The predicted molar refractivity (Wildman–Crippen MR) is 82.9 cm³/mol. The Bertz CT molecular complexity index is 594. The zero-order valence-corrected chi connectivity index (χ0v) is 12.6. The molecule has 2 aromatic rings. The van der Waals surface area contributed by atoms with Gasteiger partial charge in [-0.2, -0.15) is 5.26 Å². The van der Waals surface area contributed by atoms with E-state index in [9.17, 15) is 0 Å². The number of aryl methyl sites for hydroxylation is 1. The van der Waals surface area contributed by atoms with Crippen LogP contribution in [0.4, 0.5) is 0 Å². The summed E-state index contributed by atoms with van der Waals surface area (Å²) in [6.07, 6.45) is 3.34. The van der Waals surface area contributed by atoms with Crippen LogP contribution in [0.2, 0.25) is 0 Å². The molecule has 0 saturated heterocycles. The van der Waals surface area contributed by atoms with Crippen molar-refractivity contribution >= 4 is 15.9 Å². The topological polar surface area (TPSA) is 23.8 Å². The molecule has 0 amide bonds. The van der Waals surface area contributed by atoms with Gasteiger partial charge in [0.2, 0.25) is 0 Å². The van der Waals surface area contributed by atoms with Crippen LogP contribution in [0.25, 0.3) is 11.1 Å². The number of unbranched alkanes of at least 4 members (excludes halogenated alkanes) is 1. The number of nitriles is 1. The van der Waals surface area contributed by atoms with Crippen molar-refractivity contribution < 1.29 is 0 Å². The molecule has 0 unspecified atom stereocenters. The molecule has 0 aliphatic heterocycles.